The third-order valence-corrected chi connectivity index (χ3v) is 9.34. The van der Waals surface area contributed by atoms with Crippen molar-refractivity contribution in [3.63, 3.8) is 0 Å². The van der Waals surface area contributed by atoms with Gasteiger partial charge in [0.25, 0.3) is 26.1 Å². The van der Waals surface area contributed by atoms with Crippen LogP contribution in [0.25, 0.3) is 20.8 Å². The van der Waals surface area contributed by atoms with Crippen LogP contribution in [0.15, 0.2) is 68.6 Å². The van der Waals surface area contributed by atoms with E-state index in [1.165, 1.54) is 20.1 Å². The van der Waals surface area contributed by atoms with E-state index < -0.39 is 42.9 Å². The Kier molecular flexibility index (Phi) is 12.1. The average Bonchev–Trinajstić information content (AvgIpc) is 3.31. The van der Waals surface area contributed by atoms with E-state index in [2.05, 4.69) is 20.5 Å². The van der Waals surface area contributed by atoms with E-state index in [1.54, 1.807) is 43.3 Å². The van der Waals surface area contributed by atoms with Gasteiger partial charge in [0.2, 0.25) is 6.04 Å². The van der Waals surface area contributed by atoms with Gasteiger partial charge in [0.05, 0.1) is 28.7 Å². The number of Topliss-reactive ketones (excluding diaryl/α,β-unsaturated/α-hetero) is 1. The van der Waals surface area contributed by atoms with Crippen LogP contribution >= 0.6 is 11.3 Å². The zero-order chi connectivity index (χ0) is 31.0. The molecule has 4 rings (SSSR count). The molecule has 0 aliphatic carbocycles. The van der Waals surface area contributed by atoms with Gasteiger partial charge in [0.1, 0.15) is 20.5 Å². The van der Waals surface area contributed by atoms with Crippen LogP contribution in [0.3, 0.4) is 0 Å². The van der Waals surface area contributed by atoms with Crippen LogP contribution in [0.4, 0.5) is 11.4 Å². The minimum absolute atomic E-state index is 0. The van der Waals surface area contributed by atoms with E-state index in [0.717, 1.165) is 24.3 Å². The predicted molar refractivity (Wildman–Crippen MR) is 166 cm³/mol. The number of aromatic nitrogens is 1. The first-order valence-corrected chi connectivity index (χ1v) is 15.7. The van der Waals surface area contributed by atoms with Crippen LogP contribution in [0.1, 0.15) is 18.1 Å². The molecule has 44 heavy (non-hydrogen) atoms. The number of nitrogens with zero attached hydrogens (tertiary/aromatic N) is 3. The van der Waals surface area contributed by atoms with E-state index in [-0.39, 0.29) is 57.6 Å². The number of hydrogen-bond acceptors (Lipinski definition) is 12. The summed E-state index contributed by atoms with van der Waals surface area (Å²) in [5.74, 6) is -1.53. The van der Waals surface area contributed by atoms with Gasteiger partial charge < -0.3 is 16.2 Å². The molecule has 0 fully saturated rings. The zero-order valence-corrected chi connectivity index (χ0v) is 28.7. The van der Waals surface area contributed by atoms with Crippen LogP contribution in [-0.4, -0.2) is 85.3 Å². The largest absolute Gasteiger partial charge is 0.495 e. The fourth-order valence-corrected chi connectivity index (χ4v) is 7.08. The Morgan fingerprint density at radius 1 is 0.977 bits per heavy atom. The van der Waals surface area contributed by atoms with Gasteiger partial charge in [-0.1, -0.05) is 6.07 Å². The third kappa shape index (κ3) is 8.12. The predicted octanol–water partition coefficient (Wildman–Crippen LogP) is 4.54. The number of azo groups is 1. The zero-order valence-electron chi connectivity index (χ0n) is 24.2. The number of rotatable bonds is 9. The molecule has 18 heteroatoms. The summed E-state index contributed by atoms with van der Waals surface area (Å²) in [6.07, 6.45) is 0. The van der Waals surface area contributed by atoms with Crippen molar-refractivity contribution in [2.24, 2.45) is 10.2 Å². The first kappa shape index (κ1) is 37.1. The quantitative estimate of drug-likeness (QED) is 0.0833. The van der Waals surface area contributed by atoms with Gasteiger partial charge in [-0.2, -0.15) is 27.1 Å². The Bertz CT molecular complexity index is 1980. The van der Waals surface area contributed by atoms with Crippen molar-refractivity contribution >= 4 is 94.4 Å². The molecular formula is C26H27N5NaO9S3. The fraction of sp³-hybridized carbons (Fsp3) is 0.192. The molecule has 229 valence electrons. The molecule has 0 saturated heterocycles. The average molecular weight is 673 g/mol. The molecule has 1 aromatic heterocycles. The molecular weight excluding hydrogens is 646 g/mol. The summed E-state index contributed by atoms with van der Waals surface area (Å²) >= 11 is 1.10. The maximum absolute atomic E-state index is 12.9. The number of carbonyl (C=O) groups excluding carboxylic acids is 2. The van der Waals surface area contributed by atoms with Gasteiger partial charge in [-0.25, -0.2) is 4.98 Å². The number of fused-ring (bicyclic) bond motifs is 1. The molecule has 1 atom stereocenters. The summed E-state index contributed by atoms with van der Waals surface area (Å²) < 4.78 is 71.5. The molecule has 0 bridgehead atoms. The summed E-state index contributed by atoms with van der Waals surface area (Å²) in [5, 5.41) is 10.9. The number of hydrogen-bond donors (Lipinski definition) is 4. The third-order valence-electron chi connectivity index (χ3n) is 6.04. The van der Waals surface area contributed by atoms with Crippen molar-refractivity contribution in [1.29, 1.82) is 0 Å². The molecule has 1 amide bonds. The molecule has 3 aromatic carbocycles. The number of ketones is 1. The Morgan fingerprint density at radius 3 is 2.16 bits per heavy atom. The van der Waals surface area contributed by atoms with Gasteiger partial charge in [-0.3, -0.25) is 18.7 Å². The van der Waals surface area contributed by atoms with Crippen molar-refractivity contribution in [3.8, 4) is 16.3 Å². The van der Waals surface area contributed by atoms with Gasteiger partial charge >= 0.3 is 0 Å². The summed E-state index contributed by atoms with van der Waals surface area (Å²) in [6, 6.07) is 10.4. The van der Waals surface area contributed by atoms with Crippen molar-refractivity contribution in [3.05, 3.63) is 59.7 Å². The maximum atomic E-state index is 12.9. The molecule has 1 radical (unpaired) electrons. The number of amides is 1. The van der Waals surface area contributed by atoms with Crippen molar-refractivity contribution < 1.29 is 40.3 Å². The summed E-state index contributed by atoms with van der Waals surface area (Å²) in [7, 11) is -7.75. The second-order valence-electron chi connectivity index (χ2n) is 9.11. The Balaban J connectivity index is 0.00000337. The molecule has 14 nitrogen and oxygen atoms in total. The Labute approximate surface area is 279 Å². The number of methoxy groups -OCH3 is 1. The topological polar surface area (TPSA) is 237 Å². The Hall–Kier alpha value is -3.13. The summed E-state index contributed by atoms with van der Waals surface area (Å²) in [4.78, 5) is 29.0. The Morgan fingerprint density at radius 2 is 1.61 bits per heavy atom. The molecule has 0 spiro atoms. The second kappa shape index (κ2) is 14.3. The number of carbonyl (C=O) groups is 2. The molecule has 6 N–H and O–H groups in total. The normalized spacial score (nSPS) is 12.3. The molecule has 1 heterocycles. The molecule has 0 aliphatic heterocycles. The molecule has 0 saturated carbocycles. The van der Waals surface area contributed by atoms with Gasteiger partial charge in [-0.05, 0) is 68.3 Å². The number of ether oxygens (including phenoxy) is 1. The number of benzene rings is 3. The van der Waals surface area contributed by atoms with E-state index in [4.69, 9.17) is 4.74 Å². The van der Waals surface area contributed by atoms with E-state index in [9.17, 15) is 35.5 Å². The number of aryl methyl sites for hydroxylation is 2. The van der Waals surface area contributed by atoms with Crippen molar-refractivity contribution in [1.82, 2.24) is 11.1 Å². The standard InChI is InChI=1S/C26H24N4O9S3.H3N.Na/c1-13-5-10-18-23(24(13)42(36,37)38)40-26(28-18)16-6-8-17(9-7-16)29-30-22(15(3)31)25(32)27-19-11-14(2)21(41(33,34)35)12-20(19)39-4;;/h5-12,22H,1-4H3,(H,27,32)(H,33,34,35)(H,36,37,38);1H3;. The maximum Gasteiger partial charge on any atom is 0.296 e. The minimum Gasteiger partial charge on any atom is -0.495 e. The van der Waals surface area contributed by atoms with Crippen LogP contribution in [0.5, 0.6) is 5.75 Å². The number of nitrogens with one attached hydrogen (secondary N) is 1. The monoisotopic (exact) mass is 672 g/mol. The summed E-state index contributed by atoms with van der Waals surface area (Å²) in [5.41, 5.74) is 1.93. The second-order valence-corrected chi connectivity index (χ2v) is 12.9. The van der Waals surface area contributed by atoms with Gasteiger partial charge in [-0.15, -0.1) is 11.3 Å². The van der Waals surface area contributed by atoms with Crippen LogP contribution in [0.2, 0.25) is 0 Å². The fourth-order valence-electron chi connectivity index (χ4n) is 4.04. The number of thiazole rings is 1. The minimum atomic E-state index is -4.54. The van der Waals surface area contributed by atoms with Gasteiger partial charge in [0, 0.05) is 41.2 Å². The SMILES string of the molecule is COc1cc(S(=O)(=O)O)c(C)cc1NC(=O)C(N=Nc1ccc(-c2nc3ccc(C)c(S(=O)(=O)O)c3s2)cc1)C(C)=O.N.[Na]. The van der Waals surface area contributed by atoms with E-state index in [1.807, 2.05) is 0 Å². The van der Waals surface area contributed by atoms with E-state index in [0.29, 0.717) is 32.0 Å². The summed E-state index contributed by atoms with van der Waals surface area (Å²) in [6.45, 7) is 4.14. The number of anilines is 1. The molecule has 1 unspecified atom stereocenters. The first-order valence-electron chi connectivity index (χ1n) is 12.0. The van der Waals surface area contributed by atoms with Gasteiger partial charge in [0.15, 0.2) is 5.78 Å². The van der Waals surface area contributed by atoms with Crippen LogP contribution < -0.4 is 16.2 Å². The van der Waals surface area contributed by atoms with E-state index >= 15 is 0 Å². The smallest absolute Gasteiger partial charge is 0.296 e. The van der Waals surface area contributed by atoms with Crippen molar-refractivity contribution in [2.75, 3.05) is 12.4 Å². The van der Waals surface area contributed by atoms with Crippen molar-refractivity contribution in [2.45, 2.75) is 36.6 Å². The molecule has 0 aliphatic rings. The van der Waals surface area contributed by atoms with Crippen LogP contribution in [-0.2, 0) is 29.8 Å². The molecule has 4 aromatic rings. The first-order chi connectivity index (χ1) is 19.6. The van der Waals surface area contributed by atoms with Crippen LogP contribution in [0, 0.1) is 13.8 Å².